The third kappa shape index (κ3) is 3.14. The van der Waals surface area contributed by atoms with Crippen molar-refractivity contribution in [2.24, 2.45) is 0 Å². The van der Waals surface area contributed by atoms with Crippen molar-refractivity contribution in [3.8, 4) is 5.75 Å². The molecule has 0 aliphatic rings. The van der Waals surface area contributed by atoms with Gasteiger partial charge in [-0.2, -0.15) is 0 Å². The largest absolute Gasteiger partial charge is 0.497 e. The first kappa shape index (κ1) is 12.7. The standard InChI is InChI=1S/C14H15ClN2O/c1-17(10-11-4-3-5-14(15)16-11)12-6-8-13(18-2)9-7-12/h3-9H,10H2,1-2H3. The van der Waals surface area contributed by atoms with Gasteiger partial charge in [-0.3, -0.25) is 0 Å². The highest BCUT2D eigenvalue weighted by Crippen LogP contribution is 2.19. The van der Waals surface area contributed by atoms with Gasteiger partial charge in [-0.1, -0.05) is 17.7 Å². The van der Waals surface area contributed by atoms with E-state index in [9.17, 15) is 0 Å². The lowest BCUT2D eigenvalue weighted by Crippen LogP contribution is -2.17. The minimum absolute atomic E-state index is 0.524. The van der Waals surface area contributed by atoms with Crippen molar-refractivity contribution in [1.29, 1.82) is 0 Å². The van der Waals surface area contributed by atoms with E-state index in [4.69, 9.17) is 16.3 Å². The van der Waals surface area contributed by atoms with E-state index in [0.717, 1.165) is 17.1 Å². The summed E-state index contributed by atoms with van der Waals surface area (Å²) in [4.78, 5) is 6.38. The number of nitrogens with zero attached hydrogens (tertiary/aromatic N) is 2. The number of hydrogen-bond donors (Lipinski definition) is 0. The molecule has 0 radical (unpaired) electrons. The fourth-order valence-corrected chi connectivity index (χ4v) is 1.89. The molecule has 0 fully saturated rings. The summed E-state index contributed by atoms with van der Waals surface area (Å²) >= 11 is 5.87. The van der Waals surface area contributed by atoms with Crippen molar-refractivity contribution in [2.45, 2.75) is 6.54 Å². The molecule has 18 heavy (non-hydrogen) atoms. The lowest BCUT2D eigenvalue weighted by molar-refractivity contribution is 0.415. The number of halogens is 1. The van der Waals surface area contributed by atoms with Gasteiger partial charge >= 0.3 is 0 Å². The lowest BCUT2D eigenvalue weighted by Gasteiger charge is -2.19. The Morgan fingerprint density at radius 1 is 1.17 bits per heavy atom. The zero-order valence-corrected chi connectivity index (χ0v) is 11.2. The summed E-state index contributed by atoms with van der Waals surface area (Å²) in [7, 11) is 3.68. The topological polar surface area (TPSA) is 25.4 Å². The summed E-state index contributed by atoms with van der Waals surface area (Å²) in [6.07, 6.45) is 0. The zero-order chi connectivity index (χ0) is 13.0. The number of hydrogen-bond acceptors (Lipinski definition) is 3. The predicted molar refractivity (Wildman–Crippen MR) is 74.3 cm³/mol. The number of anilines is 1. The number of methoxy groups -OCH3 is 1. The molecule has 2 rings (SSSR count). The molecule has 94 valence electrons. The Bertz CT molecular complexity index is 513. The van der Waals surface area contributed by atoms with Crippen molar-refractivity contribution in [3.05, 3.63) is 53.3 Å². The first-order valence-corrected chi connectivity index (χ1v) is 6.03. The SMILES string of the molecule is COc1ccc(N(C)Cc2cccc(Cl)n2)cc1. The lowest BCUT2D eigenvalue weighted by atomic mass is 10.2. The third-order valence-corrected chi connectivity index (χ3v) is 2.90. The maximum atomic E-state index is 5.87. The van der Waals surface area contributed by atoms with E-state index in [0.29, 0.717) is 11.7 Å². The minimum Gasteiger partial charge on any atom is -0.497 e. The molecule has 0 aliphatic heterocycles. The smallest absolute Gasteiger partial charge is 0.129 e. The molecule has 0 N–H and O–H groups in total. The second-order valence-corrected chi connectivity index (χ2v) is 4.39. The molecule has 3 nitrogen and oxygen atoms in total. The van der Waals surface area contributed by atoms with E-state index < -0.39 is 0 Å². The van der Waals surface area contributed by atoms with Crippen LogP contribution in [0.15, 0.2) is 42.5 Å². The van der Waals surface area contributed by atoms with Crippen LogP contribution in [0.4, 0.5) is 5.69 Å². The number of benzene rings is 1. The summed E-state index contributed by atoms with van der Waals surface area (Å²) in [6.45, 7) is 0.715. The minimum atomic E-state index is 0.524. The second-order valence-electron chi connectivity index (χ2n) is 4.01. The number of rotatable bonds is 4. The van der Waals surface area contributed by atoms with Crippen molar-refractivity contribution in [3.63, 3.8) is 0 Å². The molecule has 1 aromatic heterocycles. The fourth-order valence-electron chi connectivity index (χ4n) is 1.71. The Labute approximate surface area is 112 Å². The van der Waals surface area contributed by atoms with Gasteiger partial charge in [0.2, 0.25) is 0 Å². The van der Waals surface area contributed by atoms with Crippen LogP contribution in [0.1, 0.15) is 5.69 Å². The highest BCUT2D eigenvalue weighted by atomic mass is 35.5. The summed E-state index contributed by atoms with van der Waals surface area (Å²) in [5.41, 5.74) is 2.05. The summed E-state index contributed by atoms with van der Waals surface area (Å²) in [5.74, 6) is 0.855. The van der Waals surface area contributed by atoms with Gasteiger partial charge in [0.05, 0.1) is 19.3 Å². The third-order valence-electron chi connectivity index (χ3n) is 2.69. The van der Waals surface area contributed by atoms with E-state index in [1.165, 1.54) is 0 Å². The van der Waals surface area contributed by atoms with Crippen LogP contribution in [0.3, 0.4) is 0 Å². The van der Waals surface area contributed by atoms with Gasteiger partial charge in [-0.25, -0.2) is 4.98 Å². The number of ether oxygens (including phenoxy) is 1. The van der Waals surface area contributed by atoms with Crippen LogP contribution < -0.4 is 9.64 Å². The van der Waals surface area contributed by atoms with E-state index in [-0.39, 0.29) is 0 Å². The van der Waals surface area contributed by atoms with Crippen LogP contribution in [0.5, 0.6) is 5.75 Å². The Balaban J connectivity index is 2.09. The molecule has 0 aliphatic carbocycles. The molecule has 4 heteroatoms. The van der Waals surface area contributed by atoms with Crippen molar-refractivity contribution >= 4 is 17.3 Å². The highest BCUT2D eigenvalue weighted by molar-refractivity contribution is 6.29. The Hall–Kier alpha value is -1.74. The first-order valence-electron chi connectivity index (χ1n) is 5.65. The van der Waals surface area contributed by atoms with Crippen LogP contribution in [0.2, 0.25) is 5.15 Å². The quantitative estimate of drug-likeness (QED) is 0.790. The van der Waals surface area contributed by atoms with E-state index in [2.05, 4.69) is 9.88 Å². The number of aromatic nitrogens is 1. The van der Waals surface area contributed by atoms with Gasteiger partial charge in [0.15, 0.2) is 0 Å². The molecule has 1 aromatic carbocycles. The average molecular weight is 263 g/mol. The maximum Gasteiger partial charge on any atom is 0.129 e. The molecule has 0 atom stereocenters. The fraction of sp³-hybridized carbons (Fsp3) is 0.214. The van der Waals surface area contributed by atoms with Gasteiger partial charge in [0.25, 0.3) is 0 Å². The maximum absolute atomic E-state index is 5.87. The van der Waals surface area contributed by atoms with Crippen molar-refractivity contribution in [2.75, 3.05) is 19.1 Å². The summed E-state index contributed by atoms with van der Waals surface area (Å²) in [6, 6.07) is 13.6. The average Bonchev–Trinajstić information content (AvgIpc) is 2.39. The monoisotopic (exact) mass is 262 g/mol. The Morgan fingerprint density at radius 2 is 1.89 bits per heavy atom. The molecular formula is C14H15ClN2O. The van der Waals surface area contributed by atoms with Crippen LogP contribution in [0.25, 0.3) is 0 Å². The Kier molecular flexibility index (Phi) is 4.05. The molecule has 0 bridgehead atoms. The first-order chi connectivity index (χ1) is 8.69. The second kappa shape index (κ2) is 5.74. The molecular weight excluding hydrogens is 248 g/mol. The molecule has 1 heterocycles. The molecule has 2 aromatic rings. The van der Waals surface area contributed by atoms with Gasteiger partial charge in [0.1, 0.15) is 10.9 Å². The molecule has 0 unspecified atom stereocenters. The summed E-state index contributed by atoms with van der Waals surface area (Å²) < 4.78 is 5.13. The molecule has 0 saturated carbocycles. The van der Waals surface area contributed by atoms with Gasteiger partial charge in [0, 0.05) is 12.7 Å². The van der Waals surface area contributed by atoms with E-state index >= 15 is 0 Å². The highest BCUT2D eigenvalue weighted by Gasteiger charge is 2.04. The normalized spacial score (nSPS) is 10.2. The van der Waals surface area contributed by atoms with Crippen LogP contribution >= 0.6 is 11.6 Å². The predicted octanol–water partition coefficient (Wildman–Crippen LogP) is 3.38. The van der Waals surface area contributed by atoms with Crippen LogP contribution in [-0.4, -0.2) is 19.1 Å². The summed E-state index contributed by atoms with van der Waals surface area (Å²) in [5, 5.41) is 0.524. The number of pyridine rings is 1. The van der Waals surface area contributed by atoms with Crippen molar-refractivity contribution < 1.29 is 4.74 Å². The molecule has 0 saturated heterocycles. The Morgan fingerprint density at radius 3 is 2.50 bits per heavy atom. The van der Waals surface area contributed by atoms with Crippen LogP contribution in [0, 0.1) is 0 Å². The van der Waals surface area contributed by atoms with E-state index in [1.807, 2.05) is 43.4 Å². The molecule has 0 spiro atoms. The van der Waals surface area contributed by atoms with Crippen molar-refractivity contribution in [1.82, 2.24) is 4.98 Å². The van der Waals surface area contributed by atoms with Gasteiger partial charge in [-0.15, -0.1) is 0 Å². The van der Waals surface area contributed by atoms with E-state index in [1.54, 1.807) is 13.2 Å². The molecule has 0 amide bonds. The van der Waals surface area contributed by atoms with Gasteiger partial charge in [-0.05, 0) is 36.4 Å². The zero-order valence-electron chi connectivity index (χ0n) is 10.4. The van der Waals surface area contributed by atoms with Crippen LogP contribution in [-0.2, 0) is 6.54 Å². The van der Waals surface area contributed by atoms with Gasteiger partial charge < -0.3 is 9.64 Å².